The van der Waals surface area contributed by atoms with E-state index in [4.69, 9.17) is 17.3 Å². The highest BCUT2D eigenvalue weighted by Gasteiger charge is 2.14. The summed E-state index contributed by atoms with van der Waals surface area (Å²) in [4.78, 5) is 11.1. The van der Waals surface area contributed by atoms with Crippen molar-refractivity contribution >= 4 is 23.3 Å². The number of ether oxygens (including phenoxy) is 1. The summed E-state index contributed by atoms with van der Waals surface area (Å²) in [5, 5.41) is 3.93. The molecule has 0 amide bonds. The number of allylic oxidation sites excluding steroid dienone is 1. The number of aromatic nitrogens is 2. The molecule has 0 aromatic carbocycles. The fourth-order valence-corrected chi connectivity index (χ4v) is 1.01. The lowest BCUT2D eigenvalue weighted by Crippen LogP contribution is -2.06. The number of nitrogens with zero attached hydrogens (tertiary/aromatic N) is 2. The van der Waals surface area contributed by atoms with Crippen molar-refractivity contribution in [3.05, 3.63) is 23.5 Å². The van der Waals surface area contributed by atoms with Crippen molar-refractivity contribution in [2.24, 2.45) is 0 Å². The largest absolute Gasteiger partial charge is 0.464 e. The van der Waals surface area contributed by atoms with E-state index in [1.54, 1.807) is 12.3 Å². The van der Waals surface area contributed by atoms with E-state index in [0.717, 1.165) is 0 Å². The number of esters is 1. The molecule has 0 unspecified atom stereocenters. The zero-order valence-corrected chi connectivity index (χ0v) is 8.36. The SMILES string of the molecule is COC(=O)c1nn(C/C=C/Cl)cc1N. The average molecular weight is 216 g/mol. The molecule has 0 bridgehead atoms. The van der Waals surface area contributed by atoms with Crippen LogP contribution in [0.25, 0.3) is 0 Å². The molecule has 1 aromatic rings. The molecule has 0 radical (unpaired) electrons. The second kappa shape index (κ2) is 4.66. The molecule has 1 heterocycles. The zero-order chi connectivity index (χ0) is 10.6. The lowest BCUT2D eigenvalue weighted by Gasteiger charge is -1.94. The number of methoxy groups -OCH3 is 1. The van der Waals surface area contributed by atoms with E-state index in [0.29, 0.717) is 12.2 Å². The molecular formula is C8H10ClN3O2. The Hall–Kier alpha value is -1.49. The number of halogens is 1. The van der Waals surface area contributed by atoms with E-state index in [-0.39, 0.29) is 5.69 Å². The molecule has 1 rings (SSSR count). The van der Waals surface area contributed by atoms with E-state index >= 15 is 0 Å². The fraction of sp³-hybridized carbons (Fsp3) is 0.250. The van der Waals surface area contributed by atoms with Gasteiger partial charge in [0.1, 0.15) is 0 Å². The van der Waals surface area contributed by atoms with E-state index in [1.165, 1.54) is 17.3 Å². The number of hydrogen-bond donors (Lipinski definition) is 1. The predicted octanol–water partition coefficient (Wildman–Crippen LogP) is 1.00. The summed E-state index contributed by atoms with van der Waals surface area (Å²) in [6.45, 7) is 0.463. The third kappa shape index (κ3) is 2.26. The van der Waals surface area contributed by atoms with Gasteiger partial charge < -0.3 is 10.5 Å². The Balaban J connectivity index is 2.87. The summed E-state index contributed by atoms with van der Waals surface area (Å²) in [5.74, 6) is -0.545. The van der Waals surface area contributed by atoms with Gasteiger partial charge in [-0.2, -0.15) is 5.10 Å². The van der Waals surface area contributed by atoms with Gasteiger partial charge in [-0.05, 0) is 0 Å². The Bertz CT molecular complexity index is 359. The van der Waals surface area contributed by atoms with Crippen molar-refractivity contribution in [3.8, 4) is 0 Å². The van der Waals surface area contributed by atoms with Crippen LogP contribution in [0.2, 0.25) is 0 Å². The number of rotatable bonds is 3. The van der Waals surface area contributed by atoms with Crippen molar-refractivity contribution < 1.29 is 9.53 Å². The summed E-state index contributed by atoms with van der Waals surface area (Å²) in [6, 6.07) is 0. The minimum Gasteiger partial charge on any atom is -0.464 e. The molecule has 14 heavy (non-hydrogen) atoms. The maximum Gasteiger partial charge on any atom is 0.360 e. The molecule has 0 saturated carbocycles. The van der Waals surface area contributed by atoms with Crippen molar-refractivity contribution in [2.75, 3.05) is 12.8 Å². The molecule has 0 aliphatic carbocycles. The quantitative estimate of drug-likeness (QED) is 0.764. The number of nitrogens with two attached hydrogens (primary N) is 1. The van der Waals surface area contributed by atoms with Crippen LogP contribution in [0.1, 0.15) is 10.5 Å². The van der Waals surface area contributed by atoms with Gasteiger partial charge in [0.2, 0.25) is 0 Å². The first-order valence-corrected chi connectivity index (χ1v) is 4.29. The highest BCUT2D eigenvalue weighted by atomic mass is 35.5. The number of carbonyl (C=O) groups excluding carboxylic acids is 1. The van der Waals surface area contributed by atoms with Gasteiger partial charge in [-0.1, -0.05) is 17.7 Å². The first kappa shape index (κ1) is 10.6. The number of anilines is 1. The second-order valence-electron chi connectivity index (χ2n) is 2.51. The first-order valence-electron chi connectivity index (χ1n) is 3.85. The standard InChI is InChI=1S/C8H10ClN3O2/c1-14-8(13)7-6(10)5-12(11-7)4-2-3-9/h2-3,5H,4,10H2,1H3/b3-2+. The Kier molecular flexibility index (Phi) is 3.53. The number of nitrogen functional groups attached to an aromatic ring is 1. The Labute approximate surface area is 86.1 Å². The normalized spacial score (nSPS) is 10.7. The summed E-state index contributed by atoms with van der Waals surface area (Å²) < 4.78 is 6.00. The highest BCUT2D eigenvalue weighted by molar-refractivity contribution is 6.25. The topological polar surface area (TPSA) is 70.1 Å². The van der Waals surface area contributed by atoms with Crippen LogP contribution in [0.15, 0.2) is 17.8 Å². The van der Waals surface area contributed by atoms with Crippen molar-refractivity contribution in [1.82, 2.24) is 9.78 Å². The lowest BCUT2D eigenvalue weighted by molar-refractivity contribution is 0.0594. The van der Waals surface area contributed by atoms with Gasteiger partial charge >= 0.3 is 5.97 Å². The molecule has 0 aliphatic heterocycles. The maximum absolute atomic E-state index is 11.1. The molecule has 0 fully saturated rings. The second-order valence-corrected chi connectivity index (χ2v) is 2.76. The van der Waals surface area contributed by atoms with Crippen LogP contribution >= 0.6 is 11.6 Å². The van der Waals surface area contributed by atoms with Gasteiger partial charge in [0.15, 0.2) is 5.69 Å². The molecular weight excluding hydrogens is 206 g/mol. The van der Waals surface area contributed by atoms with Crippen LogP contribution in [-0.2, 0) is 11.3 Å². The Morgan fingerprint density at radius 2 is 2.57 bits per heavy atom. The molecule has 5 nitrogen and oxygen atoms in total. The predicted molar refractivity (Wildman–Crippen MR) is 53.0 cm³/mol. The van der Waals surface area contributed by atoms with Gasteiger partial charge in [0, 0.05) is 11.7 Å². The van der Waals surface area contributed by atoms with Crippen LogP contribution in [0.4, 0.5) is 5.69 Å². The van der Waals surface area contributed by atoms with Crippen LogP contribution in [0, 0.1) is 0 Å². The molecule has 2 N–H and O–H groups in total. The van der Waals surface area contributed by atoms with E-state index in [1.807, 2.05) is 0 Å². The molecule has 0 spiro atoms. The lowest BCUT2D eigenvalue weighted by atomic mass is 10.4. The minimum absolute atomic E-state index is 0.121. The average Bonchev–Trinajstić information content (AvgIpc) is 2.55. The summed E-state index contributed by atoms with van der Waals surface area (Å²) in [5.41, 5.74) is 7.33. The van der Waals surface area contributed by atoms with Crippen molar-refractivity contribution in [1.29, 1.82) is 0 Å². The monoisotopic (exact) mass is 215 g/mol. The van der Waals surface area contributed by atoms with Gasteiger partial charge in [0.25, 0.3) is 0 Å². The first-order chi connectivity index (χ1) is 6.69. The molecule has 76 valence electrons. The van der Waals surface area contributed by atoms with Crippen LogP contribution in [0.5, 0.6) is 0 Å². The third-order valence-corrected chi connectivity index (χ3v) is 1.73. The van der Waals surface area contributed by atoms with Gasteiger partial charge in [-0.15, -0.1) is 0 Å². The third-order valence-electron chi connectivity index (χ3n) is 1.55. The molecule has 0 atom stereocenters. The van der Waals surface area contributed by atoms with Gasteiger partial charge in [0.05, 0.1) is 19.3 Å². The van der Waals surface area contributed by atoms with Crippen LogP contribution in [0.3, 0.4) is 0 Å². The summed E-state index contributed by atoms with van der Waals surface area (Å²) >= 11 is 5.34. The smallest absolute Gasteiger partial charge is 0.360 e. The number of hydrogen-bond acceptors (Lipinski definition) is 4. The highest BCUT2D eigenvalue weighted by Crippen LogP contribution is 2.09. The minimum atomic E-state index is -0.545. The van der Waals surface area contributed by atoms with Crippen LogP contribution in [-0.4, -0.2) is 22.9 Å². The number of carbonyl (C=O) groups is 1. The maximum atomic E-state index is 11.1. The van der Waals surface area contributed by atoms with Crippen LogP contribution < -0.4 is 5.73 Å². The van der Waals surface area contributed by atoms with Crippen molar-refractivity contribution in [2.45, 2.75) is 6.54 Å². The summed E-state index contributed by atoms with van der Waals surface area (Å²) in [6.07, 6.45) is 3.22. The molecule has 0 aliphatic rings. The Morgan fingerprint density at radius 3 is 3.14 bits per heavy atom. The molecule has 0 saturated heterocycles. The van der Waals surface area contributed by atoms with E-state index in [9.17, 15) is 4.79 Å². The van der Waals surface area contributed by atoms with Gasteiger partial charge in [-0.25, -0.2) is 4.79 Å². The fourth-order valence-electron chi connectivity index (χ4n) is 0.933. The summed E-state index contributed by atoms with van der Waals surface area (Å²) in [7, 11) is 1.28. The van der Waals surface area contributed by atoms with Crippen molar-refractivity contribution in [3.63, 3.8) is 0 Å². The zero-order valence-electron chi connectivity index (χ0n) is 7.61. The molecule has 6 heteroatoms. The van der Waals surface area contributed by atoms with E-state index < -0.39 is 5.97 Å². The van der Waals surface area contributed by atoms with E-state index in [2.05, 4.69) is 9.84 Å². The van der Waals surface area contributed by atoms with Gasteiger partial charge in [-0.3, -0.25) is 4.68 Å². The Morgan fingerprint density at radius 1 is 1.86 bits per heavy atom. The molecule has 1 aromatic heterocycles.